The van der Waals surface area contributed by atoms with Crippen molar-refractivity contribution in [3.8, 4) is 0 Å². The lowest BCUT2D eigenvalue weighted by Gasteiger charge is -2.31. The highest BCUT2D eigenvalue weighted by molar-refractivity contribution is 5.88. The van der Waals surface area contributed by atoms with E-state index in [0.29, 0.717) is 12.4 Å². The van der Waals surface area contributed by atoms with Crippen LogP contribution in [0.1, 0.15) is 45.2 Å². The van der Waals surface area contributed by atoms with Crippen molar-refractivity contribution < 1.29 is 19.1 Å². The van der Waals surface area contributed by atoms with Crippen LogP contribution < -0.4 is 9.80 Å². The van der Waals surface area contributed by atoms with Gasteiger partial charge in [0.25, 0.3) is 0 Å². The summed E-state index contributed by atoms with van der Waals surface area (Å²) in [7, 11) is 4.06. The normalized spacial score (nSPS) is 16.2. The molecule has 1 atom stereocenters. The van der Waals surface area contributed by atoms with Crippen LogP contribution in [0.4, 0.5) is 16.3 Å². The summed E-state index contributed by atoms with van der Waals surface area (Å²) >= 11 is 0. The minimum Gasteiger partial charge on any atom is -0.463 e. The molecule has 0 saturated carbocycles. The number of anilines is 2. The number of pyridine rings is 1. The Morgan fingerprint density at radius 3 is 2.39 bits per heavy atom. The quantitative estimate of drug-likeness (QED) is 0.330. The van der Waals surface area contributed by atoms with Gasteiger partial charge in [0.2, 0.25) is 0 Å². The van der Waals surface area contributed by atoms with Crippen molar-refractivity contribution in [1.82, 2.24) is 9.88 Å². The van der Waals surface area contributed by atoms with Crippen molar-refractivity contribution in [2.24, 2.45) is 0 Å². The zero-order chi connectivity index (χ0) is 27.7. The number of carbonyl (C=O) groups excluding carboxylic acids is 2. The van der Waals surface area contributed by atoms with Crippen LogP contribution in [0.15, 0.2) is 54.7 Å². The molecule has 1 fully saturated rings. The van der Waals surface area contributed by atoms with Crippen LogP contribution in [0.2, 0.25) is 0 Å². The van der Waals surface area contributed by atoms with Crippen LogP contribution in [-0.4, -0.2) is 73.9 Å². The number of hydrogen-bond acceptors (Lipinski definition) is 7. The summed E-state index contributed by atoms with van der Waals surface area (Å²) in [6.45, 7) is 10.0. The molecule has 0 aliphatic carbocycles. The van der Waals surface area contributed by atoms with Gasteiger partial charge in [0, 0.05) is 51.7 Å². The summed E-state index contributed by atoms with van der Waals surface area (Å²) in [5.41, 5.74) is 2.44. The molecule has 38 heavy (non-hydrogen) atoms. The first kappa shape index (κ1) is 28.9. The van der Waals surface area contributed by atoms with Crippen LogP contribution in [0.3, 0.4) is 0 Å². The van der Waals surface area contributed by atoms with E-state index >= 15 is 0 Å². The van der Waals surface area contributed by atoms with Gasteiger partial charge in [-0.05, 0) is 75.6 Å². The predicted molar refractivity (Wildman–Crippen MR) is 153 cm³/mol. The molecule has 0 radical (unpaired) electrons. The number of hydrogen-bond donors (Lipinski definition) is 0. The first-order valence-corrected chi connectivity index (χ1v) is 13.0. The highest BCUT2D eigenvalue weighted by Crippen LogP contribution is 2.25. The van der Waals surface area contributed by atoms with Gasteiger partial charge in [-0.3, -0.25) is 9.80 Å². The van der Waals surface area contributed by atoms with E-state index in [0.717, 1.165) is 37.2 Å². The first-order chi connectivity index (χ1) is 18.1. The van der Waals surface area contributed by atoms with Crippen molar-refractivity contribution in [2.45, 2.75) is 45.8 Å². The number of esters is 1. The molecule has 1 saturated heterocycles. The van der Waals surface area contributed by atoms with Crippen LogP contribution >= 0.6 is 0 Å². The Morgan fingerprint density at radius 1 is 1.08 bits per heavy atom. The molecule has 2 heterocycles. The Labute approximate surface area is 226 Å². The van der Waals surface area contributed by atoms with E-state index in [2.05, 4.69) is 51.2 Å². The predicted octanol–water partition coefficient (Wildman–Crippen LogP) is 5.25. The highest BCUT2D eigenvalue weighted by Gasteiger charge is 2.34. The minimum atomic E-state index is -0.624. The lowest BCUT2D eigenvalue weighted by Crippen LogP contribution is -2.45. The average Bonchev–Trinajstić information content (AvgIpc) is 3.31. The summed E-state index contributed by atoms with van der Waals surface area (Å²) in [5.74, 6) is 0.119. The highest BCUT2D eigenvalue weighted by atomic mass is 16.6. The molecule has 8 heteroatoms. The molecule has 0 unspecified atom stereocenters. The molecule has 3 rings (SSSR count). The second kappa shape index (κ2) is 13.2. The van der Waals surface area contributed by atoms with Crippen molar-refractivity contribution in [3.63, 3.8) is 0 Å². The van der Waals surface area contributed by atoms with Gasteiger partial charge in [-0.25, -0.2) is 14.6 Å². The van der Waals surface area contributed by atoms with E-state index in [1.807, 2.05) is 40.9 Å². The minimum absolute atomic E-state index is 0.0638. The molecular weight excluding hydrogens is 480 g/mol. The maximum absolute atomic E-state index is 13.3. The van der Waals surface area contributed by atoms with Gasteiger partial charge in [-0.1, -0.05) is 24.3 Å². The van der Waals surface area contributed by atoms with Crippen LogP contribution in [0.5, 0.6) is 0 Å². The fraction of sp³-hybridized carbons (Fsp3) is 0.433. The van der Waals surface area contributed by atoms with Gasteiger partial charge < -0.3 is 14.4 Å². The summed E-state index contributed by atoms with van der Waals surface area (Å²) < 4.78 is 10.7. The SMILES string of the molecule is CCOC(=O)/C=C/c1ccc(N(C(=O)OC(C)(C)C)[C@@H]2CCN(C/C=C/c3ccc(N(C)C)cc3)C2)nc1. The lowest BCUT2D eigenvalue weighted by atomic mass is 10.2. The standard InChI is InChI=1S/C30H40N4O4/c1-7-37-28(35)17-13-24-12-16-27(31-21-24)34(29(36)38-30(2,3)4)26-18-20-33(22-26)19-8-9-23-10-14-25(15-11-23)32(5)6/h8-17,21,26H,7,18-20,22H2,1-6H3/b9-8+,17-13+/t26-/m1/s1. The monoisotopic (exact) mass is 520 g/mol. The van der Waals surface area contributed by atoms with E-state index in [1.165, 1.54) is 11.8 Å². The second-order valence-electron chi connectivity index (χ2n) is 10.5. The van der Waals surface area contributed by atoms with Gasteiger partial charge in [-0.2, -0.15) is 0 Å². The molecular formula is C30H40N4O4. The Morgan fingerprint density at radius 2 is 1.79 bits per heavy atom. The third-order valence-electron chi connectivity index (χ3n) is 6.00. The Hall–Kier alpha value is -3.65. The summed E-state index contributed by atoms with van der Waals surface area (Å²) in [6.07, 6.45) is 9.34. The summed E-state index contributed by atoms with van der Waals surface area (Å²) in [5, 5.41) is 0. The summed E-state index contributed by atoms with van der Waals surface area (Å²) in [4.78, 5) is 35.4. The largest absolute Gasteiger partial charge is 0.463 e. The fourth-order valence-corrected chi connectivity index (χ4v) is 4.14. The number of ether oxygens (including phenoxy) is 2. The van der Waals surface area contributed by atoms with E-state index in [-0.39, 0.29) is 6.04 Å². The number of carbonyl (C=O) groups is 2. The third kappa shape index (κ3) is 8.73. The summed E-state index contributed by atoms with van der Waals surface area (Å²) in [6, 6.07) is 12.0. The molecule has 0 N–H and O–H groups in total. The number of aromatic nitrogens is 1. The van der Waals surface area contributed by atoms with Crippen LogP contribution in [0.25, 0.3) is 12.2 Å². The van der Waals surface area contributed by atoms with Gasteiger partial charge in [0.05, 0.1) is 12.6 Å². The number of benzene rings is 1. The van der Waals surface area contributed by atoms with E-state index < -0.39 is 17.7 Å². The Bertz CT molecular complexity index is 1120. The number of likely N-dealkylation sites (tertiary alicyclic amines) is 1. The topological polar surface area (TPSA) is 75.2 Å². The zero-order valence-electron chi connectivity index (χ0n) is 23.4. The molecule has 0 bridgehead atoms. The van der Waals surface area contributed by atoms with E-state index in [4.69, 9.17) is 9.47 Å². The number of amides is 1. The molecule has 1 aliphatic heterocycles. The Balaban J connectivity index is 1.68. The van der Waals surface area contributed by atoms with E-state index in [1.54, 1.807) is 30.2 Å². The van der Waals surface area contributed by atoms with Crippen LogP contribution in [0, 0.1) is 0 Å². The maximum atomic E-state index is 13.3. The molecule has 2 aromatic rings. The maximum Gasteiger partial charge on any atom is 0.416 e. The molecule has 1 aromatic carbocycles. The number of nitrogens with zero attached hydrogens (tertiary/aromatic N) is 4. The first-order valence-electron chi connectivity index (χ1n) is 13.0. The van der Waals surface area contributed by atoms with Gasteiger partial charge in [0.15, 0.2) is 0 Å². The van der Waals surface area contributed by atoms with Crippen molar-refractivity contribution >= 4 is 35.7 Å². The van der Waals surface area contributed by atoms with Gasteiger partial charge in [-0.15, -0.1) is 0 Å². The molecule has 1 amide bonds. The zero-order valence-corrected chi connectivity index (χ0v) is 23.4. The molecule has 204 valence electrons. The fourth-order valence-electron chi connectivity index (χ4n) is 4.14. The van der Waals surface area contributed by atoms with Crippen molar-refractivity contribution in [1.29, 1.82) is 0 Å². The second-order valence-corrected chi connectivity index (χ2v) is 10.5. The molecule has 8 nitrogen and oxygen atoms in total. The smallest absolute Gasteiger partial charge is 0.416 e. The van der Waals surface area contributed by atoms with Crippen molar-refractivity contribution in [3.05, 3.63) is 65.9 Å². The van der Waals surface area contributed by atoms with E-state index in [9.17, 15) is 9.59 Å². The Kier molecular flexibility index (Phi) is 10.1. The molecule has 0 spiro atoms. The third-order valence-corrected chi connectivity index (χ3v) is 6.00. The molecule has 1 aliphatic rings. The lowest BCUT2D eigenvalue weighted by molar-refractivity contribution is -0.137. The number of rotatable bonds is 9. The van der Waals surface area contributed by atoms with Gasteiger partial charge in [0.1, 0.15) is 11.4 Å². The van der Waals surface area contributed by atoms with Gasteiger partial charge >= 0.3 is 12.1 Å². The van der Waals surface area contributed by atoms with Crippen LogP contribution in [-0.2, 0) is 14.3 Å². The van der Waals surface area contributed by atoms with Crippen molar-refractivity contribution in [2.75, 3.05) is 50.1 Å². The average molecular weight is 521 g/mol. The molecule has 1 aromatic heterocycles.